The first-order chi connectivity index (χ1) is 12.5. The Labute approximate surface area is 162 Å². The van der Waals surface area contributed by atoms with Gasteiger partial charge in [-0.2, -0.15) is 0 Å². The first-order valence-corrected chi connectivity index (χ1v) is 10.00. The highest BCUT2D eigenvalue weighted by atomic mass is 35.5. The Morgan fingerprint density at radius 1 is 1.04 bits per heavy atom. The maximum Gasteiger partial charge on any atom is 0.169 e. The average molecular weight is 370 g/mol. The van der Waals surface area contributed by atoms with Crippen molar-refractivity contribution in [2.24, 2.45) is 11.3 Å². The highest BCUT2D eigenvalue weighted by molar-refractivity contribution is 6.30. The summed E-state index contributed by atoms with van der Waals surface area (Å²) in [5.41, 5.74) is 1.75. The van der Waals surface area contributed by atoms with Crippen LogP contribution in [-0.4, -0.2) is 30.3 Å². The van der Waals surface area contributed by atoms with Gasteiger partial charge < -0.3 is 4.90 Å². The molecule has 0 bridgehead atoms. The fourth-order valence-corrected chi connectivity index (χ4v) is 4.60. The molecule has 0 radical (unpaired) electrons. The van der Waals surface area contributed by atoms with Crippen LogP contribution in [0.2, 0.25) is 5.02 Å². The molecule has 0 aromatic heterocycles. The predicted molar refractivity (Wildman–Crippen MR) is 109 cm³/mol. The zero-order chi connectivity index (χ0) is 18.7. The smallest absolute Gasteiger partial charge is 0.169 e. The molecule has 1 saturated carbocycles. The summed E-state index contributed by atoms with van der Waals surface area (Å²) in [5, 5.41) is 0.741. The molecule has 0 spiro atoms. The summed E-state index contributed by atoms with van der Waals surface area (Å²) in [5.74, 6) is 0.896. The van der Waals surface area contributed by atoms with Gasteiger partial charge in [-0.15, -0.1) is 0 Å². The minimum atomic E-state index is -0.308. The van der Waals surface area contributed by atoms with Gasteiger partial charge in [-0.05, 0) is 49.7 Å². The van der Waals surface area contributed by atoms with Crippen molar-refractivity contribution in [3.63, 3.8) is 0 Å². The van der Waals surface area contributed by atoms with Gasteiger partial charge in [0.1, 0.15) is 0 Å². The van der Waals surface area contributed by atoms with E-state index in [1.165, 1.54) is 5.56 Å². The van der Waals surface area contributed by atoms with E-state index < -0.39 is 0 Å². The van der Waals surface area contributed by atoms with Crippen molar-refractivity contribution in [2.45, 2.75) is 33.1 Å². The van der Waals surface area contributed by atoms with Crippen LogP contribution >= 0.6 is 11.6 Å². The van der Waals surface area contributed by atoms with Crippen LogP contribution in [0.25, 0.3) is 0 Å². The van der Waals surface area contributed by atoms with E-state index in [0.717, 1.165) is 36.6 Å². The summed E-state index contributed by atoms with van der Waals surface area (Å²) in [6, 6.07) is 17.8. The van der Waals surface area contributed by atoms with Gasteiger partial charge in [-0.1, -0.05) is 74.8 Å². The molecule has 0 saturated heterocycles. The van der Waals surface area contributed by atoms with Crippen LogP contribution < -0.4 is 0 Å². The second-order valence-electron chi connectivity index (χ2n) is 7.33. The Balaban J connectivity index is 1.92. The molecule has 2 nitrogen and oxygen atoms in total. The molecule has 1 fully saturated rings. The van der Waals surface area contributed by atoms with Crippen molar-refractivity contribution in [1.29, 1.82) is 0 Å². The summed E-state index contributed by atoms with van der Waals surface area (Å²) in [7, 11) is 0. The fraction of sp³-hybridized carbons (Fsp3) is 0.435. The molecule has 0 aliphatic heterocycles. The Hall–Kier alpha value is -1.64. The lowest BCUT2D eigenvalue weighted by atomic mass is 9.86. The van der Waals surface area contributed by atoms with Gasteiger partial charge in [0.25, 0.3) is 0 Å². The first-order valence-electron chi connectivity index (χ1n) is 9.62. The minimum Gasteiger partial charge on any atom is -0.304 e. The SMILES string of the molecule is CCN(CC)CC[C@@]1(C(=O)c2ccccc2)C(C)[C@H]1c1ccc(Cl)cc1. The van der Waals surface area contributed by atoms with Crippen LogP contribution in [0.3, 0.4) is 0 Å². The van der Waals surface area contributed by atoms with Gasteiger partial charge >= 0.3 is 0 Å². The van der Waals surface area contributed by atoms with E-state index in [9.17, 15) is 4.79 Å². The van der Waals surface area contributed by atoms with Crippen LogP contribution in [0.4, 0.5) is 0 Å². The molecule has 1 unspecified atom stereocenters. The van der Waals surface area contributed by atoms with E-state index in [-0.39, 0.29) is 17.1 Å². The highest BCUT2D eigenvalue weighted by Gasteiger charge is 2.66. The number of carbonyl (C=O) groups excluding carboxylic acids is 1. The third-order valence-corrected chi connectivity index (χ3v) is 6.43. The standard InChI is InChI=1S/C23H28ClNO/c1-4-25(5-2)16-15-23(22(26)19-9-7-6-8-10-19)17(3)21(23)18-11-13-20(24)14-12-18/h6-14,17,21H,4-5,15-16H2,1-3H3/t17?,21-,23+/m0/s1. The molecule has 26 heavy (non-hydrogen) atoms. The predicted octanol–water partition coefficient (Wildman–Crippen LogP) is 5.67. The second kappa shape index (κ2) is 7.94. The summed E-state index contributed by atoms with van der Waals surface area (Å²) >= 11 is 6.07. The molecule has 3 rings (SSSR count). The van der Waals surface area contributed by atoms with Crippen molar-refractivity contribution in [3.8, 4) is 0 Å². The molecule has 3 atom stereocenters. The van der Waals surface area contributed by atoms with E-state index in [2.05, 4.69) is 37.8 Å². The Kier molecular flexibility index (Phi) is 5.84. The largest absolute Gasteiger partial charge is 0.304 e. The quantitative estimate of drug-likeness (QED) is 0.558. The van der Waals surface area contributed by atoms with E-state index in [1.54, 1.807) is 0 Å². The molecule has 0 N–H and O–H groups in total. The molecule has 3 heteroatoms. The van der Waals surface area contributed by atoms with E-state index >= 15 is 0 Å². The van der Waals surface area contributed by atoms with Gasteiger partial charge in [0.15, 0.2) is 5.78 Å². The van der Waals surface area contributed by atoms with Crippen molar-refractivity contribution >= 4 is 17.4 Å². The molecular formula is C23H28ClNO. The number of halogens is 1. The molecule has 0 heterocycles. The zero-order valence-electron chi connectivity index (χ0n) is 15.9. The van der Waals surface area contributed by atoms with E-state index in [0.29, 0.717) is 5.92 Å². The van der Waals surface area contributed by atoms with E-state index in [4.69, 9.17) is 11.6 Å². The van der Waals surface area contributed by atoms with Crippen LogP contribution in [-0.2, 0) is 0 Å². The third kappa shape index (κ3) is 3.45. The van der Waals surface area contributed by atoms with Crippen LogP contribution in [0.5, 0.6) is 0 Å². The van der Waals surface area contributed by atoms with Crippen LogP contribution in [0, 0.1) is 11.3 Å². The number of carbonyl (C=O) groups is 1. The molecule has 1 aliphatic rings. The number of hydrogen-bond acceptors (Lipinski definition) is 2. The van der Waals surface area contributed by atoms with Crippen molar-refractivity contribution in [2.75, 3.05) is 19.6 Å². The molecule has 138 valence electrons. The van der Waals surface area contributed by atoms with Gasteiger partial charge in [-0.3, -0.25) is 4.79 Å². The Morgan fingerprint density at radius 3 is 2.23 bits per heavy atom. The number of rotatable bonds is 8. The molecule has 1 aliphatic carbocycles. The first kappa shape index (κ1) is 19.1. The molecule has 0 amide bonds. The van der Waals surface area contributed by atoms with Crippen molar-refractivity contribution < 1.29 is 4.79 Å². The normalized spacial score (nSPS) is 24.7. The van der Waals surface area contributed by atoms with Gasteiger partial charge in [0.2, 0.25) is 0 Å². The van der Waals surface area contributed by atoms with Crippen LogP contribution in [0.15, 0.2) is 54.6 Å². The number of ketones is 1. The number of benzene rings is 2. The fourth-order valence-electron chi connectivity index (χ4n) is 4.47. The zero-order valence-corrected chi connectivity index (χ0v) is 16.7. The lowest BCUT2D eigenvalue weighted by Crippen LogP contribution is -2.30. The van der Waals surface area contributed by atoms with Gasteiger partial charge in [0, 0.05) is 21.9 Å². The lowest BCUT2D eigenvalue weighted by Gasteiger charge is -2.23. The highest BCUT2D eigenvalue weighted by Crippen LogP contribution is 2.68. The molecule has 2 aromatic carbocycles. The summed E-state index contributed by atoms with van der Waals surface area (Å²) < 4.78 is 0. The minimum absolute atomic E-state index is 0.267. The molecule has 2 aromatic rings. The topological polar surface area (TPSA) is 20.3 Å². The lowest BCUT2D eigenvalue weighted by molar-refractivity contribution is 0.0863. The van der Waals surface area contributed by atoms with Gasteiger partial charge in [0.05, 0.1) is 0 Å². The van der Waals surface area contributed by atoms with Crippen molar-refractivity contribution in [3.05, 3.63) is 70.7 Å². The summed E-state index contributed by atoms with van der Waals surface area (Å²) in [6.07, 6.45) is 0.900. The Morgan fingerprint density at radius 2 is 1.65 bits per heavy atom. The van der Waals surface area contributed by atoms with Gasteiger partial charge in [-0.25, -0.2) is 0 Å². The van der Waals surface area contributed by atoms with Crippen LogP contribution in [0.1, 0.15) is 49.0 Å². The maximum atomic E-state index is 13.5. The Bertz CT molecular complexity index is 739. The number of hydrogen-bond donors (Lipinski definition) is 0. The van der Waals surface area contributed by atoms with Crippen molar-refractivity contribution in [1.82, 2.24) is 4.90 Å². The summed E-state index contributed by atoms with van der Waals surface area (Å²) in [6.45, 7) is 9.59. The maximum absolute atomic E-state index is 13.5. The third-order valence-electron chi connectivity index (χ3n) is 6.18. The number of nitrogens with zero attached hydrogens (tertiary/aromatic N) is 1. The number of Topliss-reactive ketones (excluding diaryl/α,β-unsaturated/α-hetero) is 1. The summed E-state index contributed by atoms with van der Waals surface area (Å²) in [4.78, 5) is 15.9. The molecular weight excluding hydrogens is 342 g/mol. The second-order valence-corrected chi connectivity index (χ2v) is 7.77. The monoisotopic (exact) mass is 369 g/mol. The van der Waals surface area contributed by atoms with E-state index in [1.807, 2.05) is 42.5 Å². The average Bonchev–Trinajstić information content (AvgIpc) is 3.28.